The van der Waals surface area contributed by atoms with Gasteiger partial charge in [-0.2, -0.15) is 0 Å². The molecule has 0 spiro atoms. The largest absolute Gasteiger partial charge is 0.506 e. The predicted molar refractivity (Wildman–Crippen MR) is 73.4 cm³/mol. The Morgan fingerprint density at radius 2 is 1.84 bits per heavy atom. The van der Waals surface area contributed by atoms with Crippen LogP contribution in [0.2, 0.25) is 0 Å². The monoisotopic (exact) mass is 255 g/mol. The first-order valence-corrected chi connectivity index (χ1v) is 5.92. The molecule has 0 atom stereocenters. The maximum atomic E-state index is 11.9. The summed E-state index contributed by atoms with van der Waals surface area (Å²) < 4.78 is 6.71. The Kier molecular flexibility index (Phi) is 2.45. The van der Waals surface area contributed by atoms with Gasteiger partial charge in [-0.05, 0) is 6.07 Å². The van der Waals surface area contributed by atoms with Gasteiger partial charge in [0, 0.05) is 29.4 Å². The lowest BCUT2D eigenvalue weighted by Crippen LogP contribution is -2.03. The molecule has 0 aliphatic heterocycles. The number of ether oxygens (including phenoxy) is 1. The molecule has 0 saturated heterocycles. The second-order valence-corrected chi connectivity index (χ2v) is 4.45. The lowest BCUT2D eigenvalue weighted by Gasteiger charge is -2.10. The number of fused-ring (bicyclic) bond motifs is 3. The van der Waals surface area contributed by atoms with Crippen molar-refractivity contribution >= 4 is 27.6 Å². The van der Waals surface area contributed by atoms with Crippen molar-refractivity contribution in [3.63, 3.8) is 0 Å². The van der Waals surface area contributed by atoms with Gasteiger partial charge >= 0.3 is 5.97 Å². The molecule has 96 valence electrons. The van der Waals surface area contributed by atoms with E-state index in [2.05, 4.69) is 0 Å². The van der Waals surface area contributed by atoms with E-state index in [1.165, 1.54) is 7.11 Å². The Morgan fingerprint density at radius 3 is 2.53 bits per heavy atom. The van der Waals surface area contributed by atoms with Crippen molar-refractivity contribution in [3.05, 3.63) is 42.1 Å². The van der Waals surface area contributed by atoms with E-state index in [0.717, 1.165) is 10.9 Å². The number of phenols is 1. The molecule has 4 heteroatoms. The van der Waals surface area contributed by atoms with Crippen molar-refractivity contribution in [2.75, 3.05) is 7.11 Å². The predicted octanol–water partition coefficient (Wildman–Crippen LogP) is 2.82. The van der Waals surface area contributed by atoms with Gasteiger partial charge in [0.15, 0.2) is 0 Å². The Labute approximate surface area is 109 Å². The molecule has 1 N–H and O–H groups in total. The van der Waals surface area contributed by atoms with Crippen LogP contribution in [0.25, 0.3) is 21.7 Å². The SMILES string of the molecule is COC(=O)c1c(O)c2ccccc2c2c1ccn2C. The van der Waals surface area contributed by atoms with Gasteiger partial charge in [0.05, 0.1) is 12.6 Å². The van der Waals surface area contributed by atoms with Gasteiger partial charge in [-0.15, -0.1) is 0 Å². The van der Waals surface area contributed by atoms with Gasteiger partial charge in [-0.3, -0.25) is 0 Å². The number of carbonyl (C=O) groups is 1. The zero-order valence-corrected chi connectivity index (χ0v) is 10.7. The summed E-state index contributed by atoms with van der Waals surface area (Å²) in [5, 5.41) is 12.6. The van der Waals surface area contributed by atoms with Crippen LogP contribution < -0.4 is 0 Å². The van der Waals surface area contributed by atoms with Crippen molar-refractivity contribution in [2.45, 2.75) is 0 Å². The van der Waals surface area contributed by atoms with Crippen molar-refractivity contribution in [2.24, 2.45) is 7.05 Å². The van der Waals surface area contributed by atoms with Crippen LogP contribution in [0.15, 0.2) is 36.5 Å². The normalized spacial score (nSPS) is 11.1. The molecule has 3 rings (SSSR count). The van der Waals surface area contributed by atoms with E-state index in [-0.39, 0.29) is 11.3 Å². The Balaban J connectivity index is 2.60. The van der Waals surface area contributed by atoms with Crippen molar-refractivity contribution < 1.29 is 14.6 Å². The van der Waals surface area contributed by atoms with E-state index in [4.69, 9.17) is 4.74 Å². The van der Waals surface area contributed by atoms with E-state index >= 15 is 0 Å². The van der Waals surface area contributed by atoms with E-state index < -0.39 is 5.97 Å². The number of nitrogens with zero attached hydrogens (tertiary/aromatic N) is 1. The smallest absolute Gasteiger partial charge is 0.342 e. The molecule has 0 radical (unpaired) electrons. The first-order valence-electron chi connectivity index (χ1n) is 5.92. The van der Waals surface area contributed by atoms with Crippen LogP contribution in [0, 0.1) is 0 Å². The number of aromatic nitrogens is 1. The van der Waals surface area contributed by atoms with E-state index in [1.807, 2.05) is 42.1 Å². The summed E-state index contributed by atoms with van der Waals surface area (Å²) in [7, 11) is 3.22. The Morgan fingerprint density at radius 1 is 1.16 bits per heavy atom. The number of aromatic hydroxyl groups is 1. The molecule has 0 unspecified atom stereocenters. The van der Waals surface area contributed by atoms with Gasteiger partial charge in [-0.25, -0.2) is 4.79 Å². The van der Waals surface area contributed by atoms with Crippen LogP contribution in [0.4, 0.5) is 0 Å². The standard InChI is InChI=1S/C15H13NO3/c1-16-8-7-11-12(15(18)19-2)14(17)10-6-4-3-5-9(10)13(11)16/h3-8,17H,1-2H3. The molecule has 0 fully saturated rings. The summed E-state index contributed by atoms with van der Waals surface area (Å²) in [6.45, 7) is 0. The average molecular weight is 255 g/mol. The topological polar surface area (TPSA) is 51.5 Å². The number of carbonyl (C=O) groups excluding carboxylic acids is 1. The Hall–Kier alpha value is -2.49. The van der Waals surface area contributed by atoms with E-state index in [9.17, 15) is 9.90 Å². The highest BCUT2D eigenvalue weighted by atomic mass is 16.5. The third-order valence-electron chi connectivity index (χ3n) is 3.41. The maximum Gasteiger partial charge on any atom is 0.342 e. The summed E-state index contributed by atoms with van der Waals surface area (Å²) in [5.41, 5.74) is 1.13. The fourth-order valence-corrected chi connectivity index (χ4v) is 2.53. The van der Waals surface area contributed by atoms with Gasteiger partial charge < -0.3 is 14.4 Å². The van der Waals surface area contributed by atoms with Crippen LogP contribution in [0.3, 0.4) is 0 Å². The fourth-order valence-electron chi connectivity index (χ4n) is 2.53. The van der Waals surface area contributed by atoms with Crippen molar-refractivity contribution in [1.29, 1.82) is 0 Å². The van der Waals surface area contributed by atoms with Crippen molar-refractivity contribution in [1.82, 2.24) is 4.57 Å². The molecule has 0 amide bonds. The number of esters is 1. The average Bonchev–Trinajstić information content (AvgIpc) is 2.81. The molecular formula is C15H13NO3. The molecule has 0 saturated carbocycles. The quantitative estimate of drug-likeness (QED) is 0.680. The third kappa shape index (κ3) is 1.50. The molecule has 0 aliphatic carbocycles. The molecular weight excluding hydrogens is 242 g/mol. The molecule has 0 aliphatic rings. The van der Waals surface area contributed by atoms with E-state index in [0.29, 0.717) is 10.8 Å². The second kappa shape index (κ2) is 4.02. The molecule has 19 heavy (non-hydrogen) atoms. The third-order valence-corrected chi connectivity index (χ3v) is 3.41. The highest BCUT2D eigenvalue weighted by molar-refractivity contribution is 6.18. The number of methoxy groups -OCH3 is 1. The first-order chi connectivity index (χ1) is 9.15. The summed E-state index contributed by atoms with van der Waals surface area (Å²) in [6.07, 6.45) is 1.86. The van der Waals surface area contributed by atoms with Crippen LogP contribution in [-0.2, 0) is 11.8 Å². The number of rotatable bonds is 1. The minimum atomic E-state index is -0.528. The lowest BCUT2D eigenvalue weighted by molar-refractivity contribution is 0.0600. The maximum absolute atomic E-state index is 11.9. The fraction of sp³-hybridized carbons (Fsp3) is 0.133. The summed E-state index contributed by atoms with van der Waals surface area (Å²) in [6, 6.07) is 9.28. The highest BCUT2D eigenvalue weighted by Gasteiger charge is 2.21. The molecule has 1 heterocycles. The van der Waals surface area contributed by atoms with Gasteiger partial charge in [0.2, 0.25) is 0 Å². The van der Waals surface area contributed by atoms with Crippen LogP contribution in [0.1, 0.15) is 10.4 Å². The molecule has 2 aromatic carbocycles. The summed E-state index contributed by atoms with van der Waals surface area (Å²) >= 11 is 0. The zero-order valence-electron chi connectivity index (χ0n) is 10.7. The van der Waals surface area contributed by atoms with E-state index in [1.54, 1.807) is 6.07 Å². The van der Waals surface area contributed by atoms with Crippen molar-refractivity contribution in [3.8, 4) is 5.75 Å². The number of hydrogen-bond acceptors (Lipinski definition) is 3. The first kappa shape index (κ1) is 11.6. The van der Waals surface area contributed by atoms with Crippen LogP contribution in [0.5, 0.6) is 5.75 Å². The van der Waals surface area contributed by atoms with Gasteiger partial charge in [0.1, 0.15) is 11.3 Å². The minimum Gasteiger partial charge on any atom is -0.506 e. The van der Waals surface area contributed by atoms with Gasteiger partial charge in [-0.1, -0.05) is 24.3 Å². The highest BCUT2D eigenvalue weighted by Crippen LogP contribution is 2.37. The number of benzene rings is 2. The van der Waals surface area contributed by atoms with Gasteiger partial charge in [0.25, 0.3) is 0 Å². The zero-order chi connectivity index (χ0) is 13.6. The number of phenolic OH excluding ortho intramolecular Hbond substituents is 1. The molecule has 1 aromatic heterocycles. The summed E-state index contributed by atoms with van der Waals surface area (Å²) in [4.78, 5) is 11.9. The minimum absolute atomic E-state index is 0.0267. The Bertz CT molecular complexity index is 802. The molecule has 4 nitrogen and oxygen atoms in total. The number of hydrogen-bond donors (Lipinski definition) is 1. The lowest BCUT2D eigenvalue weighted by atomic mass is 10.0. The van der Waals surface area contributed by atoms with Crippen LogP contribution >= 0.6 is 0 Å². The molecule has 3 aromatic rings. The van der Waals surface area contributed by atoms with Crippen LogP contribution in [-0.4, -0.2) is 22.8 Å². The number of aryl methyl sites for hydroxylation is 1. The second-order valence-electron chi connectivity index (χ2n) is 4.45. The summed E-state index contributed by atoms with van der Waals surface area (Å²) in [5.74, 6) is -0.555. The molecule has 0 bridgehead atoms.